The summed E-state index contributed by atoms with van der Waals surface area (Å²) < 4.78 is 7.83. The van der Waals surface area contributed by atoms with Crippen LogP contribution in [-0.2, 0) is 0 Å². The number of ether oxygens (including phenoxy) is 1. The first kappa shape index (κ1) is 26.6. The average Bonchev–Trinajstić information content (AvgIpc) is 3.15. The highest BCUT2D eigenvalue weighted by Gasteiger charge is 2.25. The second-order valence-electron chi connectivity index (χ2n) is 10.6. The summed E-state index contributed by atoms with van der Waals surface area (Å²) in [5, 5.41) is 6.18. The fourth-order valence-electron chi connectivity index (χ4n) is 5.66. The summed E-state index contributed by atoms with van der Waals surface area (Å²) in [5.41, 5.74) is 12.6. The van der Waals surface area contributed by atoms with Crippen LogP contribution in [0.25, 0.3) is 0 Å². The number of carbonyl (C=O) groups excluding carboxylic acids is 1. The number of nitrogens with one attached hydrogen (secondary N) is 2. The van der Waals surface area contributed by atoms with Crippen LogP contribution in [-0.4, -0.2) is 83.7 Å². The number of anilines is 2. The van der Waals surface area contributed by atoms with Crippen LogP contribution in [0.5, 0.6) is 11.5 Å². The maximum atomic E-state index is 13.0. The van der Waals surface area contributed by atoms with Gasteiger partial charge in [0.15, 0.2) is 17.3 Å². The lowest BCUT2D eigenvalue weighted by Gasteiger charge is -2.30. The Morgan fingerprint density at radius 2 is 1.95 bits per heavy atom. The van der Waals surface area contributed by atoms with Gasteiger partial charge in [-0.25, -0.2) is 4.79 Å². The Bertz CT molecular complexity index is 1190. The zero-order chi connectivity index (χ0) is 26.5. The van der Waals surface area contributed by atoms with Gasteiger partial charge < -0.3 is 36.6 Å². The third-order valence-corrected chi connectivity index (χ3v) is 7.75. The summed E-state index contributed by atoms with van der Waals surface area (Å²) in [6.45, 7) is 6.89. The first-order chi connectivity index (χ1) is 18.5. The number of hydrogen-bond acceptors (Lipinski definition) is 9. The Balaban J connectivity index is 1.21. The number of amides is 1. The lowest BCUT2D eigenvalue weighted by molar-refractivity contribution is 0.0946. The number of carbonyl (C=O) groups is 1. The van der Waals surface area contributed by atoms with Crippen LogP contribution in [0, 0.1) is 0 Å². The lowest BCUT2D eigenvalue weighted by Crippen LogP contribution is -2.45. The van der Waals surface area contributed by atoms with Gasteiger partial charge in [-0.15, -0.1) is 0 Å². The van der Waals surface area contributed by atoms with Gasteiger partial charge in [0.1, 0.15) is 0 Å². The summed E-state index contributed by atoms with van der Waals surface area (Å²) in [5.74, 6) is 1.32. The van der Waals surface area contributed by atoms with Gasteiger partial charge in [0.05, 0.1) is 11.9 Å². The van der Waals surface area contributed by atoms with Crippen LogP contribution in [0.1, 0.15) is 54.9 Å². The number of nitrogens with zero attached hydrogens (tertiary/aromatic N) is 4. The second-order valence-corrected chi connectivity index (χ2v) is 10.6. The molecule has 2 aromatic rings. The van der Waals surface area contributed by atoms with E-state index in [0.29, 0.717) is 41.7 Å². The van der Waals surface area contributed by atoms with E-state index < -0.39 is 0 Å². The number of hydrogen-bond donors (Lipinski definition) is 4. The molecule has 0 saturated carbocycles. The highest BCUT2D eigenvalue weighted by atomic mass is 16.5. The van der Waals surface area contributed by atoms with Crippen molar-refractivity contribution >= 4 is 17.4 Å². The Hall–Kier alpha value is -2.99. The first-order valence-corrected chi connectivity index (χ1v) is 13.9. The summed E-state index contributed by atoms with van der Waals surface area (Å²) in [7, 11) is 0. The molecule has 38 heavy (non-hydrogen) atoms. The number of fused-ring (bicyclic) bond motifs is 2. The van der Waals surface area contributed by atoms with Crippen molar-refractivity contribution in [3.63, 3.8) is 0 Å². The molecule has 0 spiro atoms. The van der Waals surface area contributed by atoms with Crippen molar-refractivity contribution in [1.29, 1.82) is 0 Å². The molecular weight excluding hydrogens is 484 g/mol. The van der Waals surface area contributed by atoms with Gasteiger partial charge in [-0.05, 0) is 82.9 Å². The number of nitrogens with two attached hydrogens (primary N) is 2. The van der Waals surface area contributed by atoms with Crippen molar-refractivity contribution in [1.82, 2.24) is 24.7 Å². The fraction of sp³-hybridized carbons (Fsp3) is 0.593. The largest absolute Gasteiger partial charge is 0.450 e. The minimum Gasteiger partial charge on any atom is -0.450 e. The number of likely N-dealkylation sites (tertiary alicyclic amines) is 2. The van der Waals surface area contributed by atoms with Gasteiger partial charge in [0.2, 0.25) is 0 Å². The summed E-state index contributed by atoms with van der Waals surface area (Å²) in [6.07, 6.45) is 7.76. The van der Waals surface area contributed by atoms with E-state index in [0.717, 1.165) is 77.8 Å². The summed E-state index contributed by atoms with van der Waals surface area (Å²) >= 11 is 0. The van der Waals surface area contributed by atoms with Gasteiger partial charge in [-0.2, -0.15) is 4.98 Å². The maximum Gasteiger partial charge on any atom is 0.350 e. The molecule has 2 atom stereocenters. The molecule has 1 aromatic carbocycles. The molecule has 1 amide bonds. The van der Waals surface area contributed by atoms with Crippen LogP contribution in [0.4, 0.5) is 11.5 Å². The molecule has 2 saturated heterocycles. The third kappa shape index (κ3) is 6.35. The predicted molar refractivity (Wildman–Crippen MR) is 147 cm³/mol. The van der Waals surface area contributed by atoms with Crippen molar-refractivity contribution < 1.29 is 9.53 Å². The predicted octanol–water partition coefficient (Wildman–Crippen LogP) is 1.62. The minimum atomic E-state index is -0.296. The van der Waals surface area contributed by atoms with E-state index in [1.165, 1.54) is 0 Å². The number of benzene rings is 1. The lowest BCUT2D eigenvalue weighted by atomic mass is 10.1. The topological polar surface area (TPSA) is 144 Å². The normalized spacial score (nSPS) is 21.9. The molecule has 0 aliphatic carbocycles. The van der Waals surface area contributed by atoms with E-state index >= 15 is 0 Å². The molecule has 1 unspecified atom stereocenters. The SMILES string of the molecule is NCCCN1CCCC(n2cc3c(nc2=O)Nc2cc(C(=O)NCCN4CCC[C@H](N)C4)ccc2O3)CC1. The van der Waals surface area contributed by atoms with Crippen LogP contribution in [0.3, 0.4) is 0 Å². The van der Waals surface area contributed by atoms with Crippen molar-refractivity contribution in [2.24, 2.45) is 11.5 Å². The van der Waals surface area contributed by atoms with Gasteiger partial charge in [-0.3, -0.25) is 9.36 Å². The van der Waals surface area contributed by atoms with Gasteiger partial charge in [-0.1, -0.05) is 0 Å². The Morgan fingerprint density at radius 1 is 1.11 bits per heavy atom. The molecule has 3 aliphatic heterocycles. The molecule has 1 aromatic heterocycles. The molecular formula is C27H40N8O3. The van der Waals surface area contributed by atoms with E-state index in [-0.39, 0.29) is 23.7 Å². The molecule has 0 bridgehead atoms. The van der Waals surface area contributed by atoms with E-state index in [4.69, 9.17) is 16.2 Å². The van der Waals surface area contributed by atoms with E-state index in [2.05, 4.69) is 25.4 Å². The number of piperidine rings is 1. The second kappa shape index (κ2) is 12.2. The Labute approximate surface area is 223 Å². The number of rotatable bonds is 8. The minimum absolute atomic E-state index is 0.0833. The molecule has 0 radical (unpaired) electrons. The van der Waals surface area contributed by atoms with Crippen molar-refractivity contribution in [3.8, 4) is 11.5 Å². The molecule has 11 nitrogen and oxygen atoms in total. The summed E-state index contributed by atoms with van der Waals surface area (Å²) in [4.78, 5) is 34.7. The van der Waals surface area contributed by atoms with Crippen molar-refractivity contribution in [2.75, 3.05) is 57.7 Å². The fourth-order valence-corrected chi connectivity index (χ4v) is 5.66. The standard InChI is InChI=1S/C27H40N8O3/c28-9-3-13-33-11-2-5-21(8-14-33)35-18-24-25(32-27(35)37)31-22-16-19(6-7-23(22)38-24)26(36)30-10-15-34-12-1-4-20(29)17-34/h6-7,16,18,20-21H,1-5,8-15,17,28-29H2,(H,30,36)(H,31,32,37)/t20-,21?/m0/s1. The molecule has 11 heteroatoms. The third-order valence-electron chi connectivity index (χ3n) is 7.75. The molecule has 3 aliphatic rings. The van der Waals surface area contributed by atoms with E-state index in [1.807, 2.05) is 0 Å². The molecule has 5 rings (SSSR count). The summed E-state index contributed by atoms with van der Waals surface area (Å²) in [6, 6.07) is 5.57. The van der Waals surface area contributed by atoms with Crippen LogP contribution in [0.2, 0.25) is 0 Å². The first-order valence-electron chi connectivity index (χ1n) is 13.9. The zero-order valence-electron chi connectivity index (χ0n) is 22.0. The van der Waals surface area contributed by atoms with Crippen LogP contribution >= 0.6 is 0 Å². The monoisotopic (exact) mass is 524 g/mol. The average molecular weight is 525 g/mol. The molecule has 2 fully saturated rings. The molecule has 206 valence electrons. The zero-order valence-corrected chi connectivity index (χ0v) is 22.0. The van der Waals surface area contributed by atoms with Crippen LogP contribution < -0.4 is 32.5 Å². The smallest absolute Gasteiger partial charge is 0.350 e. The van der Waals surface area contributed by atoms with Crippen molar-refractivity contribution in [2.45, 2.75) is 50.6 Å². The Morgan fingerprint density at radius 3 is 2.79 bits per heavy atom. The van der Waals surface area contributed by atoms with Gasteiger partial charge >= 0.3 is 5.69 Å². The van der Waals surface area contributed by atoms with Crippen LogP contribution in [0.15, 0.2) is 29.2 Å². The van der Waals surface area contributed by atoms with Gasteiger partial charge in [0, 0.05) is 43.8 Å². The quantitative estimate of drug-likeness (QED) is 0.345. The molecule has 4 heterocycles. The molecule has 6 N–H and O–H groups in total. The van der Waals surface area contributed by atoms with Crippen molar-refractivity contribution in [3.05, 3.63) is 40.4 Å². The highest BCUT2D eigenvalue weighted by molar-refractivity contribution is 5.96. The maximum absolute atomic E-state index is 13.0. The number of aromatic nitrogens is 2. The van der Waals surface area contributed by atoms with E-state index in [1.54, 1.807) is 29.0 Å². The van der Waals surface area contributed by atoms with E-state index in [9.17, 15) is 9.59 Å². The van der Waals surface area contributed by atoms with Gasteiger partial charge in [0.25, 0.3) is 5.91 Å². The highest BCUT2D eigenvalue weighted by Crippen LogP contribution is 2.41. The Kier molecular flexibility index (Phi) is 8.58.